The number of hydrogen-bond acceptors (Lipinski definition) is 5. The van der Waals surface area contributed by atoms with Crippen molar-refractivity contribution in [2.24, 2.45) is 0 Å². The second kappa shape index (κ2) is 9.07. The molecule has 0 aliphatic rings. The number of hydrazine groups is 1. The van der Waals surface area contributed by atoms with Crippen LogP contribution in [0.5, 0.6) is 0 Å². The molecule has 3 aromatic rings. The normalized spacial score (nSPS) is 10.3. The number of halogens is 1. The summed E-state index contributed by atoms with van der Waals surface area (Å²) in [5.74, 6) is -1.67. The molecule has 0 aliphatic heterocycles. The van der Waals surface area contributed by atoms with E-state index in [1.807, 2.05) is 6.92 Å². The van der Waals surface area contributed by atoms with E-state index in [0.29, 0.717) is 21.9 Å². The Labute approximate surface area is 171 Å². The molecule has 1 heterocycles. The molecule has 2 N–H and O–H groups in total. The highest BCUT2D eigenvalue weighted by molar-refractivity contribution is 6.33. The number of carbonyl (C=O) groups excluding carboxylic acids is 3. The van der Waals surface area contributed by atoms with Gasteiger partial charge in [0.05, 0.1) is 5.02 Å². The molecule has 0 aliphatic carbocycles. The third kappa shape index (κ3) is 5.24. The van der Waals surface area contributed by atoms with Gasteiger partial charge in [0, 0.05) is 11.1 Å². The van der Waals surface area contributed by atoms with Crippen molar-refractivity contribution in [3.63, 3.8) is 0 Å². The van der Waals surface area contributed by atoms with Crippen molar-refractivity contribution < 1.29 is 23.5 Å². The number of esters is 1. The molecule has 8 heteroatoms. The Morgan fingerprint density at radius 1 is 0.966 bits per heavy atom. The summed E-state index contributed by atoms with van der Waals surface area (Å²) in [6.45, 7) is 1.31. The number of rotatable bonds is 5. The fourth-order valence-electron chi connectivity index (χ4n) is 2.40. The number of furan rings is 1. The first kappa shape index (κ1) is 20.2. The van der Waals surface area contributed by atoms with Gasteiger partial charge in [-0.3, -0.25) is 20.4 Å². The molecule has 2 amide bonds. The van der Waals surface area contributed by atoms with Crippen LogP contribution < -0.4 is 10.9 Å². The first-order valence-electron chi connectivity index (χ1n) is 8.62. The van der Waals surface area contributed by atoms with Gasteiger partial charge >= 0.3 is 5.97 Å². The molecule has 0 atom stereocenters. The number of aryl methyl sites for hydroxylation is 1. The molecule has 0 saturated heterocycles. The average molecular weight is 413 g/mol. The van der Waals surface area contributed by atoms with Crippen LogP contribution >= 0.6 is 11.6 Å². The molecule has 0 saturated carbocycles. The van der Waals surface area contributed by atoms with Crippen molar-refractivity contribution in [3.05, 3.63) is 82.6 Å². The first-order valence-corrected chi connectivity index (χ1v) is 8.99. The SMILES string of the molecule is Cc1ccc(C(=O)NNC(=O)COC(=O)c2ccc(-c3ccccc3Cl)o2)cc1. The minimum absolute atomic E-state index is 0.0728. The Morgan fingerprint density at radius 3 is 2.41 bits per heavy atom. The van der Waals surface area contributed by atoms with E-state index < -0.39 is 24.4 Å². The summed E-state index contributed by atoms with van der Waals surface area (Å²) < 4.78 is 10.3. The summed E-state index contributed by atoms with van der Waals surface area (Å²) in [6.07, 6.45) is 0. The Morgan fingerprint density at radius 2 is 1.69 bits per heavy atom. The highest BCUT2D eigenvalue weighted by atomic mass is 35.5. The summed E-state index contributed by atoms with van der Waals surface area (Å²) in [4.78, 5) is 35.8. The van der Waals surface area contributed by atoms with E-state index in [-0.39, 0.29) is 5.76 Å². The number of nitrogens with one attached hydrogen (secondary N) is 2. The molecule has 29 heavy (non-hydrogen) atoms. The number of carbonyl (C=O) groups is 3. The standard InChI is InChI=1S/C21H17ClN2O5/c1-13-6-8-14(9-7-13)20(26)24-23-19(25)12-28-21(27)18-11-10-17(29-18)15-4-2-3-5-16(15)22/h2-11H,12H2,1H3,(H,23,25)(H,24,26). The van der Waals surface area contributed by atoms with Gasteiger partial charge in [-0.25, -0.2) is 4.79 Å². The van der Waals surface area contributed by atoms with E-state index >= 15 is 0 Å². The predicted molar refractivity (Wildman–Crippen MR) is 106 cm³/mol. The Hall–Kier alpha value is -3.58. The number of amides is 2. The van der Waals surface area contributed by atoms with Crippen molar-refractivity contribution in [2.75, 3.05) is 6.61 Å². The maximum Gasteiger partial charge on any atom is 0.374 e. The zero-order valence-corrected chi connectivity index (χ0v) is 16.2. The van der Waals surface area contributed by atoms with Crippen molar-refractivity contribution in [1.82, 2.24) is 10.9 Å². The molecule has 0 fully saturated rings. The Balaban J connectivity index is 1.49. The summed E-state index contributed by atoms with van der Waals surface area (Å²) in [5, 5.41) is 0.477. The van der Waals surface area contributed by atoms with E-state index in [2.05, 4.69) is 10.9 Å². The first-order chi connectivity index (χ1) is 13.9. The fraction of sp³-hybridized carbons (Fsp3) is 0.0952. The molecular formula is C21H17ClN2O5. The molecule has 0 radical (unpaired) electrons. The van der Waals surface area contributed by atoms with Crippen LogP contribution in [0.2, 0.25) is 5.02 Å². The zero-order valence-electron chi connectivity index (χ0n) is 15.4. The Bertz CT molecular complexity index is 1040. The third-order valence-electron chi connectivity index (χ3n) is 3.91. The predicted octanol–water partition coefficient (Wildman–Crippen LogP) is 3.53. The van der Waals surface area contributed by atoms with E-state index in [1.54, 1.807) is 54.6 Å². The monoisotopic (exact) mass is 412 g/mol. The minimum Gasteiger partial charge on any atom is -0.450 e. The van der Waals surface area contributed by atoms with E-state index in [0.717, 1.165) is 5.56 Å². The maximum absolute atomic E-state index is 12.1. The van der Waals surface area contributed by atoms with Gasteiger partial charge in [0.1, 0.15) is 5.76 Å². The van der Waals surface area contributed by atoms with E-state index in [1.165, 1.54) is 6.07 Å². The molecule has 7 nitrogen and oxygen atoms in total. The van der Waals surface area contributed by atoms with Gasteiger partial charge in [0.25, 0.3) is 11.8 Å². The highest BCUT2D eigenvalue weighted by Gasteiger charge is 2.16. The van der Waals surface area contributed by atoms with Gasteiger partial charge in [-0.15, -0.1) is 0 Å². The third-order valence-corrected chi connectivity index (χ3v) is 4.24. The Kier molecular flexibility index (Phi) is 6.31. The maximum atomic E-state index is 12.1. The lowest BCUT2D eigenvalue weighted by atomic mass is 10.1. The topological polar surface area (TPSA) is 97.6 Å². The number of hydrogen-bond donors (Lipinski definition) is 2. The molecule has 1 aromatic heterocycles. The molecule has 2 aromatic carbocycles. The molecular weight excluding hydrogens is 396 g/mol. The van der Waals surface area contributed by atoms with Gasteiger partial charge in [0.15, 0.2) is 6.61 Å². The molecule has 3 rings (SSSR count). The van der Waals surface area contributed by atoms with Gasteiger partial charge in [-0.2, -0.15) is 0 Å². The average Bonchev–Trinajstić information content (AvgIpc) is 3.21. The van der Waals surface area contributed by atoms with Crippen LogP contribution in [0.1, 0.15) is 26.5 Å². The zero-order chi connectivity index (χ0) is 20.8. The van der Waals surface area contributed by atoms with Crippen LogP contribution in [-0.2, 0) is 9.53 Å². The van der Waals surface area contributed by atoms with Crippen LogP contribution in [0.25, 0.3) is 11.3 Å². The highest BCUT2D eigenvalue weighted by Crippen LogP contribution is 2.29. The second-order valence-electron chi connectivity index (χ2n) is 6.09. The van der Waals surface area contributed by atoms with Gasteiger partial charge < -0.3 is 9.15 Å². The van der Waals surface area contributed by atoms with Crippen molar-refractivity contribution in [2.45, 2.75) is 6.92 Å². The summed E-state index contributed by atoms with van der Waals surface area (Å²) >= 11 is 6.10. The van der Waals surface area contributed by atoms with Crippen molar-refractivity contribution >= 4 is 29.4 Å². The molecule has 0 unspecified atom stereocenters. The molecule has 148 valence electrons. The van der Waals surface area contributed by atoms with Gasteiger partial charge in [-0.05, 0) is 43.3 Å². The second-order valence-corrected chi connectivity index (χ2v) is 6.50. The fourth-order valence-corrected chi connectivity index (χ4v) is 2.62. The van der Waals surface area contributed by atoms with Gasteiger partial charge in [0.2, 0.25) is 5.76 Å². The quantitative estimate of drug-likeness (QED) is 0.493. The number of ether oxygens (including phenoxy) is 1. The van der Waals surface area contributed by atoms with Crippen LogP contribution in [0.15, 0.2) is 65.1 Å². The molecule has 0 bridgehead atoms. The van der Waals surface area contributed by atoms with Crippen molar-refractivity contribution in [3.8, 4) is 11.3 Å². The smallest absolute Gasteiger partial charge is 0.374 e. The molecule has 0 spiro atoms. The van der Waals surface area contributed by atoms with Crippen LogP contribution in [0.3, 0.4) is 0 Å². The summed E-state index contributed by atoms with van der Waals surface area (Å²) in [5.41, 5.74) is 6.44. The van der Waals surface area contributed by atoms with Crippen molar-refractivity contribution in [1.29, 1.82) is 0 Å². The van der Waals surface area contributed by atoms with Crippen LogP contribution in [-0.4, -0.2) is 24.4 Å². The lowest BCUT2D eigenvalue weighted by Crippen LogP contribution is -2.43. The summed E-state index contributed by atoms with van der Waals surface area (Å²) in [6, 6.07) is 16.8. The van der Waals surface area contributed by atoms with Crippen LogP contribution in [0, 0.1) is 6.92 Å². The van der Waals surface area contributed by atoms with Crippen LogP contribution in [0.4, 0.5) is 0 Å². The lowest BCUT2D eigenvalue weighted by Gasteiger charge is -2.08. The minimum atomic E-state index is -0.816. The van der Waals surface area contributed by atoms with E-state index in [9.17, 15) is 14.4 Å². The summed E-state index contributed by atoms with van der Waals surface area (Å²) in [7, 11) is 0. The number of benzene rings is 2. The van der Waals surface area contributed by atoms with E-state index in [4.69, 9.17) is 20.8 Å². The largest absolute Gasteiger partial charge is 0.450 e. The van der Waals surface area contributed by atoms with Gasteiger partial charge in [-0.1, -0.05) is 41.4 Å². The lowest BCUT2D eigenvalue weighted by molar-refractivity contribution is -0.125.